The normalized spacial score (nSPS) is 18.9. The molecule has 1 fully saturated rings. The molecular formula is C24H35FN2O6. The Hall–Kier alpha value is -2.68. The third-order valence-electron chi connectivity index (χ3n) is 5.64. The van der Waals surface area contributed by atoms with Crippen molar-refractivity contribution >= 4 is 18.0 Å². The first-order chi connectivity index (χ1) is 15.5. The van der Waals surface area contributed by atoms with E-state index in [1.165, 1.54) is 26.4 Å². The van der Waals surface area contributed by atoms with E-state index in [9.17, 15) is 18.8 Å². The molecule has 8 nitrogen and oxygen atoms in total. The van der Waals surface area contributed by atoms with Crippen molar-refractivity contribution in [2.75, 3.05) is 20.8 Å². The van der Waals surface area contributed by atoms with Crippen molar-refractivity contribution in [3.05, 3.63) is 35.6 Å². The molecule has 4 atom stereocenters. The highest BCUT2D eigenvalue weighted by Gasteiger charge is 2.41. The molecule has 0 radical (unpaired) electrons. The predicted molar refractivity (Wildman–Crippen MR) is 120 cm³/mol. The summed E-state index contributed by atoms with van der Waals surface area (Å²) in [4.78, 5) is 39.7. The number of halogens is 1. The second-order valence-electron chi connectivity index (χ2n) is 9.29. The highest BCUT2D eigenvalue weighted by molar-refractivity contribution is 5.86. The number of methoxy groups -OCH3 is 2. The maximum absolute atomic E-state index is 13.2. The zero-order valence-electron chi connectivity index (χ0n) is 20.2. The van der Waals surface area contributed by atoms with Gasteiger partial charge in [-0.2, -0.15) is 0 Å². The fraction of sp³-hybridized carbons (Fsp3) is 0.625. The van der Waals surface area contributed by atoms with Crippen molar-refractivity contribution in [2.24, 2.45) is 5.92 Å². The van der Waals surface area contributed by atoms with Crippen molar-refractivity contribution in [3.63, 3.8) is 0 Å². The van der Waals surface area contributed by atoms with Crippen LogP contribution in [-0.4, -0.2) is 67.4 Å². The molecule has 1 saturated heterocycles. The van der Waals surface area contributed by atoms with Crippen LogP contribution in [0.2, 0.25) is 0 Å². The molecule has 1 aliphatic heterocycles. The minimum Gasteiger partial charge on any atom is -0.467 e. The number of hydrogen-bond acceptors (Lipinski definition) is 6. The number of esters is 1. The van der Waals surface area contributed by atoms with Crippen molar-refractivity contribution in [1.82, 2.24) is 10.2 Å². The van der Waals surface area contributed by atoms with Gasteiger partial charge in [0.2, 0.25) is 5.91 Å². The van der Waals surface area contributed by atoms with Gasteiger partial charge in [0, 0.05) is 20.1 Å². The van der Waals surface area contributed by atoms with Crippen LogP contribution in [0.4, 0.5) is 9.18 Å². The number of ether oxygens (including phenoxy) is 3. The quantitative estimate of drug-likeness (QED) is 0.592. The molecule has 0 unspecified atom stereocenters. The average molecular weight is 467 g/mol. The van der Waals surface area contributed by atoms with E-state index in [-0.39, 0.29) is 18.3 Å². The van der Waals surface area contributed by atoms with Gasteiger partial charge < -0.3 is 24.4 Å². The Balaban J connectivity index is 2.12. The van der Waals surface area contributed by atoms with Crippen molar-refractivity contribution in [3.8, 4) is 0 Å². The number of carbonyl (C=O) groups excluding carboxylic acids is 3. The molecule has 0 bridgehead atoms. The molecule has 0 saturated carbocycles. The van der Waals surface area contributed by atoms with E-state index < -0.39 is 41.6 Å². The number of nitrogens with one attached hydrogen (secondary N) is 1. The average Bonchev–Trinajstić information content (AvgIpc) is 3.23. The Morgan fingerprint density at radius 3 is 2.36 bits per heavy atom. The Morgan fingerprint density at radius 1 is 1.18 bits per heavy atom. The number of nitrogens with zero attached hydrogens (tertiary/aromatic N) is 1. The first-order valence-corrected chi connectivity index (χ1v) is 11.1. The van der Waals surface area contributed by atoms with Gasteiger partial charge in [-0.05, 0) is 51.3 Å². The summed E-state index contributed by atoms with van der Waals surface area (Å²) in [6.45, 7) is 7.61. The van der Waals surface area contributed by atoms with Crippen LogP contribution < -0.4 is 5.32 Å². The Kier molecular flexibility index (Phi) is 9.22. The fourth-order valence-electron chi connectivity index (χ4n) is 4.02. The summed E-state index contributed by atoms with van der Waals surface area (Å²) in [6.07, 6.45) is 0.558. The third-order valence-corrected chi connectivity index (χ3v) is 5.64. The van der Waals surface area contributed by atoms with E-state index in [1.807, 2.05) is 0 Å². The van der Waals surface area contributed by atoms with Crippen LogP contribution in [0.25, 0.3) is 0 Å². The summed E-state index contributed by atoms with van der Waals surface area (Å²) < 4.78 is 29.2. The van der Waals surface area contributed by atoms with Gasteiger partial charge in [0.15, 0.2) is 0 Å². The molecular weight excluding hydrogens is 431 g/mol. The molecule has 1 heterocycles. The van der Waals surface area contributed by atoms with E-state index in [2.05, 4.69) is 5.32 Å². The summed E-state index contributed by atoms with van der Waals surface area (Å²) >= 11 is 0. The topological polar surface area (TPSA) is 94.2 Å². The number of amides is 2. The highest BCUT2D eigenvalue weighted by atomic mass is 19.1. The van der Waals surface area contributed by atoms with Gasteiger partial charge in [-0.1, -0.05) is 19.1 Å². The molecule has 0 spiro atoms. The zero-order chi connectivity index (χ0) is 24.8. The van der Waals surface area contributed by atoms with Crippen LogP contribution in [0.1, 0.15) is 46.1 Å². The van der Waals surface area contributed by atoms with Crippen molar-refractivity contribution in [2.45, 2.75) is 70.7 Å². The lowest BCUT2D eigenvalue weighted by molar-refractivity contribution is -0.146. The molecule has 184 valence electrons. The van der Waals surface area contributed by atoms with Gasteiger partial charge in [-0.25, -0.2) is 14.0 Å². The number of rotatable bonds is 8. The smallest absolute Gasteiger partial charge is 0.410 e. The number of carbonyl (C=O) groups is 3. The van der Waals surface area contributed by atoms with Gasteiger partial charge in [0.05, 0.1) is 25.2 Å². The summed E-state index contributed by atoms with van der Waals surface area (Å²) in [7, 11) is 2.74. The maximum Gasteiger partial charge on any atom is 0.410 e. The summed E-state index contributed by atoms with van der Waals surface area (Å²) in [6, 6.07) is 4.41. The second-order valence-corrected chi connectivity index (χ2v) is 9.29. The minimum atomic E-state index is -0.946. The molecule has 0 aromatic heterocycles. The molecule has 33 heavy (non-hydrogen) atoms. The molecule has 0 aliphatic carbocycles. The fourth-order valence-corrected chi connectivity index (χ4v) is 4.02. The second kappa shape index (κ2) is 11.4. The van der Waals surface area contributed by atoms with Crippen molar-refractivity contribution < 1.29 is 33.0 Å². The maximum atomic E-state index is 13.2. The first-order valence-electron chi connectivity index (χ1n) is 11.1. The standard InChI is InChI=1S/C24H35FN2O6/c1-15(20(31-5)19-8-7-13-27(19)23(30)33-24(2,3)4)21(28)26-18(22(29)32-6)14-16-9-11-17(25)12-10-16/h9-12,15,18-20H,7-8,13-14H2,1-6H3,(H,26,28)/t15-,18+,19+,20-/m1/s1. The molecule has 2 rings (SSSR count). The van der Waals surface area contributed by atoms with Crippen LogP contribution >= 0.6 is 0 Å². The summed E-state index contributed by atoms with van der Waals surface area (Å²) in [5.74, 6) is -2.07. The van der Waals surface area contributed by atoms with Crippen molar-refractivity contribution in [1.29, 1.82) is 0 Å². The highest BCUT2D eigenvalue weighted by Crippen LogP contribution is 2.28. The van der Waals surface area contributed by atoms with Crippen LogP contribution in [0.3, 0.4) is 0 Å². The lowest BCUT2D eigenvalue weighted by Crippen LogP contribution is -2.53. The largest absolute Gasteiger partial charge is 0.467 e. The van der Waals surface area contributed by atoms with Gasteiger partial charge >= 0.3 is 12.1 Å². The molecule has 1 aromatic rings. The first kappa shape index (κ1) is 26.6. The SMILES string of the molecule is COC(=O)[C@H](Cc1ccc(F)cc1)NC(=O)[C@H](C)[C@@H](OC)[C@@H]1CCCN1C(=O)OC(C)(C)C. The molecule has 9 heteroatoms. The Morgan fingerprint density at radius 2 is 1.82 bits per heavy atom. The van der Waals surface area contributed by atoms with Gasteiger partial charge in [-0.15, -0.1) is 0 Å². The molecule has 1 aliphatic rings. The van der Waals surface area contributed by atoms with E-state index >= 15 is 0 Å². The number of benzene rings is 1. The van der Waals surface area contributed by atoms with Crippen LogP contribution in [0.15, 0.2) is 24.3 Å². The van der Waals surface area contributed by atoms with Gasteiger partial charge in [0.1, 0.15) is 17.5 Å². The Bertz CT molecular complexity index is 823. The molecule has 1 N–H and O–H groups in total. The predicted octanol–water partition coefficient (Wildman–Crippen LogP) is 3.08. The molecule has 2 amide bonds. The zero-order valence-corrected chi connectivity index (χ0v) is 20.2. The number of hydrogen-bond donors (Lipinski definition) is 1. The van der Waals surface area contributed by atoms with E-state index in [0.717, 1.165) is 6.42 Å². The summed E-state index contributed by atoms with van der Waals surface area (Å²) in [5, 5.41) is 2.73. The molecule has 1 aromatic carbocycles. The van der Waals surface area contributed by atoms with E-state index in [4.69, 9.17) is 14.2 Å². The van der Waals surface area contributed by atoms with E-state index in [0.29, 0.717) is 18.5 Å². The number of likely N-dealkylation sites (tertiary alicyclic amines) is 1. The van der Waals surface area contributed by atoms with Crippen LogP contribution in [-0.2, 0) is 30.2 Å². The summed E-state index contributed by atoms with van der Waals surface area (Å²) in [5.41, 5.74) is 0.0408. The monoisotopic (exact) mass is 466 g/mol. The Labute approximate surface area is 194 Å². The van der Waals surface area contributed by atoms with Gasteiger partial charge in [0.25, 0.3) is 0 Å². The lowest BCUT2D eigenvalue weighted by atomic mass is 9.94. The van der Waals surface area contributed by atoms with Crippen LogP contribution in [0.5, 0.6) is 0 Å². The lowest BCUT2D eigenvalue weighted by Gasteiger charge is -2.35. The minimum absolute atomic E-state index is 0.149. The van der Waals surface area contributed by atoms with Crippen LogP contribution in [0, 0.1) is 11.7 Å². The van der Waals surface area contributed by atoms with Gasteiger partial charge in [-0.3, -0.25) is 4.79 Å². The third kappa shape index (κ3) is 7.42. The van der Waals surface area contributed by atoms with E-state index in [1.54, 1.807) is 44.7 Å².